The third-order valence-electron chi connectivity index (χ3n) is 3.69. The van der Waals surface area contributed by atoms with Gasteiger partial charge < -0.3 is 18.9 Å². The molecule has 24 heavy (non-hydrogen) atoms. The maximum absolute atomic E-state index is 5.68. The second-order valence-electron chi connectivity index (χ2n) is 5.60. The normalized spacial score (nSPS) is 12.0. The summed E-state index contributed by atoms with van der Waals surface area (Å²) in [4.78, 5) is 0. The second kappa shape index (κ2) is 9.96. The molecule has 0 heterocycles. The van der Waals surface area contributed by atoms with Crippen LogP contribution in [0.25, 0.3) is 11.1 Å². The second-order valence-corrected chi connectivity index (χ2v) is 5.60. The first-order valence-electron chi connectivity index (χ1n) is 8.20. The van der Waals surface area contributed by atoms with Crippen LogP contribution in [0.2, 0.25) is 0 Å². The molecule has 0 N–H and O–H groups in total. The minimum Gasteiger partial charge on any atom is -0.494 e. The molecular weight excluding hydrogens is 304 g/mol. The Balaban J connectivity index is 1.89. The zero-order valence-corrected chi connectivity index (χ0v) is 14.7. The van der Waals surface area contributed by atoms with Gasteiger partial charge in [0.15, 0.2) is 0 Å². The third kappa shape index (κ3) is 5.87. The fourth-order valence-corrected chi connectivity index (χ4v) is 2.16. The molecule has 2 aromatic carbocycles. The van der Waals surface area contributed by atoms with Gasteiger partial charge in [0.2, 0.25) is 0 Å². The molecule has 0 spiro atoms. The average Bonchev–Trinajstić information content (AvgIpc) is 2.64. The van der Waals surface area contributed by atoms with Gasteiger partial charge in [-0.3, -0.25) is 0 Å². The van der Waals surface area contributed by atoms with E-state index in [1.807, 2.05) is 31.2 Å². The standard InChI is InChI=1S/C20H26O4/c1-16(22-3)15-24-20-11-7-18(8-12-20)17-5-9-19(10-6-17)23-14-4-13-21-2/h5-12,16H,4,13-15H2,1-3H3. The van der Waals surface area contributed by atoms with Crippen molar-refractivity contribution in [3.8, 4) is 22.6 Å². The van der Waals surface area contributed by atoms with Crippen molar-refractivity contribution in [2.24, 2.45) is 0 Å². The number of hydrogen-bond acceptors (Lipinski definition) is 4. The number of benzene rings is 2. The Kier molecular flexibility index (Phi) is 7.59. The van der Waals surface area contributed by atoms with Crippen LogP contribution in [-0.2, 0) is 9.47 Å². The van der Waals surface area contributed by atoms with E-state index in [4.69, 9.17) is 18.9 Å². The van der Waals surface area contributed by atoms with E-state index in [1.54, 1.807) is 14.2 Å². The highest BCUT2D eigenvalue weighted by atomic mass is 16.5. The molecule has 0 saturated heterocycles. The topological polar surface area (TPSA) is 36.9 Å². The molecule has 130 valence electrons. The summed E-state index contributed by atoms with van der Waals surface area (Å²) in [6.45, 7) is 3.91. The minimum absolute atomic E-state index is 0.0844. The first-order valence-corrected chi connectivity index (χ1v) is 8.20. The smallest absolute Gasteiger partial charge is 0.119 e. The van der Waals surface area contributed by atoms with Crippen LogP contribution in [0.4, 0.5) is 0 Å². The van der Waals surface area contributed by atoms with Crippen molar-refractivity contribution in [3.63, 3.8) is 0 Å². The van der Waals surface area contributed by atoms with Gasteiger partial charge in [0, 0.05) is 27.2 Å². The van der Waals surface area contributed by atoms with Gasteiger partial charge in [0.25, 0.3) is 0 Å². The molecule has 4 nitrogen and oxygen atoms in total. The maximum Gasteiger partial charge on any atom is 0.119 e. The predicted molar refractivity (Wildman–Crippen MR) is 95.8 cm³/mol. The Morgan fingerprint density at radius 2 is 1.29 bits per heavy atom. The van der Waals surface area contributed by atoms with Gasteiger partial charge in [0.05, 0.1) is 12.7 Å². The van der Waals surface area contributed by atoms with Gasteiger partial charge in [0.1, 0.15) is 18.1 Å². The van der Waals surface area contributed by atoms with E-state index in [1.165, 1.54) is 0 Å². The molecule has 0 aliphatic rings. The summed E-state index contributed by atoms with van der Waals surface area (Å²) >= 11 is 0. The van der Waals surface area contributed by atoms with Crippen molar-refractivity contribution >= 4 is 0 Å². The number of rotatable bonds is 10. The van der Waals surface area contributed by atoms with Crippen molar-refractivity contribution in [3.05, 3.63) is 48.5 Å². The first kappa shape index (κ1) is 18.3. The molecule has 0 aliphatic heterocycles. The highest BCUT2D eigenvalue weighted by Gasteiger charge is 2.03. The maximum atomic E-state index is 5.68. The molecule has 2 aromatic rings. The first-order chi connectivity index (χ1) is 11.7. The van der Waals surface area contributed by atoms with E-state index in [0.29, 0.717) is 13.2 Å². The van der Waals surface area contributed by atoms with E-state index in [0.717, 1.165) is 35.7 Å². The molecule has 2 rings (SSSR count). The third-order valence-corrected chi connectivity index (χ3v) is 3.69. The number of ether oxygens (including phenoxy) is 4. The molecule has 1 unspecified atom stereocenters. The van der Waals surface area contributed by atoms with Gasteiger partial charge in [-0.2, -0.15) is 0 Å². The molecule has 0 saturated carbocycles. The lowest BCUT2D eigenvalue weighted by atomic mass is 10.1. The molecule has 0 fully saturated rings. The summed E-state index contributed by atoms with van der Waals surface area (Å²) in [5.74, 6) is 1.73. The molecule has 0 bridgehead atoms. The molecule has 0 amide bonds. The van der Waals surface area contributed by atoms with Gasteiger partial charge in [-0.1, -0.05) is 24.3 Å². The van der Waals surface area contributed by atoms with Crippen LogP contribution in [0, 0.1) is 0 Å². The minimum atomic E-state index is 0.0844. The van der Waals surface area contributed by atoms with Crippen LogP contribution in [0.3, 0.4) is 0 Å². The van der Waals surface area contributed by atoms with Crippen LogP contribution >= 0.6 is 0 Å². The summed E-state index contributed by atoms with van der Waals surface area (Å²) in [6, 6.07) is 16.2. The van der Waals surface area contributed by atoms with Crippen molar-refractivity contribution in [1.82, 2.24) is 0 Å². The van der Waals surface area contributed by atoms with Crippen molar-refractivity contribution in [2.45, 2.75) is 19.4 Å². The quantitative estimate of drug-likeness (QED) is 0.612. The van der Waals surface area contributed by atoms with Crippen LogP contribution in [0.1, 0.15) is 13.3 Å². The monoisotopic (exact) mass is 330 g/mol. The van der Waals surface area contributed by atoms with Gasteiger partial charge in [-0.05, 0) is 42.3 Å². The lowest BCUT2D eigenvalue weighted by Gasteiger charge is -2.12. The van der Waals surface area contributed by atoms with Crippen LogP contribution in [0.5, 0.6) is 11.5 Å². The van der Waals surface area contributed by atoms with Gasteiger partial charge >= 0.3 is 0 Å². The molecule has 0 aliphatic carbocycles. The van der Waals surface area contributed by atoms with Crippen LogP contribution < -0.4 is 9.47 Å². The van der Waals surface area contributed by atoms with E-state index < -0.39 is 0 Å². The molecule has 0 radical (unpaired) electrons. The molecule has 0 aromatic heterocycles. The van der Waals surface area contributed by atoms with Gasteiger partial charge in [-0.15, -0.1) is 0 Å². The number of hydrogen-bond donors (Lipinski definition) is 0. The Bertz CT molecular complexity index is 578. The number of methoxy groups -OCH3 is 2. The fraction of sp³-hybridized carbons (Fsp3) is 0.400. The Hall–Kier alpha value is -2.04. The molecule has 4 heteroatoms. The van der Waals surface area contributed by atoms with Crippen molar-refractivity contribution < 1.29 is 18.9 Å². The van der Waals surface area contributed by atoms with Crippen LogP contribution in [0.15, 0.2) is 48.5 Å². The van der Waals surface area contributed by atoms with E-state index >= 15 is 0 Å². The van der Waals surface area contributed by atoms with Crippen molar-refractivity contribution in [2.75, 3.05) is 34.0 Å². The summed E-state index contributed by atoms with van der Waals surface area (Å²) in [7, 11) is 3.38. The van der Waals surface area contributed by atoms with Crippen LogP contribution in [-0.4, -0.2) is 40.1 Å². The zero-order chi connectivity index (χ0) is 17.2. The highest BCUT2D eigenvalue weighted by molar-refractivity contribution is 5.64. The van der Waals surface area contributed by atoms with Crippen molar-refractivity contribution in [1.29, 1.82) is 0 Å². The average molecular weight is 330 g/mol. The molecule has 1 atom stereocenters. The summed E-state index contributed by atoms with van der Waals surface area (Å²) in [5.41, 5.74) is 2.30. The van der Waals surface area contributed by atoms with Gasteiger partial charge in [-0.25, -0.2) is 0 Å². The Labute approximate surface area is 144 Å². The van der Waals surface area contributed by atoms with E-state index in [9.17, 15) is 0 Å². The Morgan fingerprint density at radius 3 is 1.79 bits per heavy atom. The lowest BCUT2D eigenvalue weighted by molar-refractivity contribution is 0.0717. The largest absolute Gasteiger partial charge is 0.494 e. The SMILES string of the molecule is COCCCOc1ccc(-c2ccc(OCC(C)OC)cc2)cc1. The highest BCUT2D eigenvalue weighted by Crippen LogP contribution is 2.24. The fourth-order valence-electron chi connectivity index (χ4n) is 2.16. The van der Waals surface area contributed by atoms with E-state index in [2.05, 4.69) is 24.3 Å². The lowest BCUT2D eigenvalue weighted by Crippen LogP contribution is -2.15. The molecular formula is C20H26O4. The summed E-state index contributed by atoms with van der Waals surface area (Å²) in [6.07, 6.45) is 0.975. The summed E-state index contributed by atoms with van der Waals surface area (Å²) < 4.78 is 21.5. The zero-order valence-electron chi connectivity index (χ0n) is 14.7. The Morgan fingerprint density at radius 1 is 0.750 bits per heavy atom. The predicted octanol–water partition coefficient (Wildman–Crippen LogP) is 4.18. The summed E-state index contributed by atoms with van der Waals surface area (Å²) in [5, 5.41) is 0. The van der Waals surface area contributed by atoms with E-state index in [-0.39, 0.29) is 6.10 Å².